The Morgan fingerprint density at radius 1 is 0.328 bits per heavy atom. The van der Waals surface area contributed by atoms with Gasteiger partial charge in [-0.25, -0.2) is 0 Å². The molecule has 10 aromatic rings. The van der Waals surface area contributed by atoms with Gasteiger partial charge in [0.2, 0.25) is 0 Å². The van der Waals surface area contributed by atoms with E-state index in [1.165, 1.54) is 86.0 Å². The Balaban J connectivity index is 1.17. The first kappa shape index (κ1) is 35.1. The molecule has 0 amide bonds. The molecule has 1 heterocycles. The Labute approximate surface area is 342 Å². The fourth-order valence-electron chi connectivity index (χ4n) is 9.26. The number of para-hydroxylation sites is 2. The molecule has 0 saturated heterocycles. The average molecular weight is 779 g/mol. The molecule has 10 aromatic carbocycles. The van der Waals surface area contributed by atoms with E-state index in [9.17, 15) is 0 Å². The van der Waals surface area contributed by atoms with E-state index in [-0.39, 0.29) is 5.41 Å². The quantitative estimate of drug-likeness (QED) is 0.121. The summed E-state index contributed by atoms with van der Waals surface area (Å²) in [7, 11) is -2.08. The van der Waals surface area contributed by atoms with Gasteiger partial charge >= 0.3 is 0 Å². The topological polar surface area (TPSA) is 9.23 Å². The smallest absolute Gasteiger partial charge is 0.139 e. The van der Waals surface area contributed by atoms with E-state index in [0.29, 0.717) is 0 Å². The van der Waals surface area contributed by atoms with Crippen molar-refractivity contribution in [3.63, 3.8) is 0 Å². The summed E-state index contributed by atoms with van der Waals surface area (Å²) < 4.78 is 7.65. The van der Waals surface area contributed by atoms with Crippen LogP contribution in [0.3, 0.4) is 0 Å². The summed E-state index contributed by atoms with van der Waals surface area (Å²) >= 11 is 0. The van der Waals surface area contributed by atoms with Gasteiger partial charge in [0, 0.05) is 27.2 Å². The summed E-state index contributed by atoms with van der Waals surface area (Å²) in [5.74, 6) is 1.98. The molecular weight excluding hydrogens is 739 g/mol. The Morgan fingerprint density at radius 2 is 0.690 bits per heavy atom. The predicted octanol–water partition coefficient (Wildman–Crippen LogP) is 12.2. The minimum absolute atomic E-state index is 0.318. The zero-order valence-electron chi connectivity index (χ0n) is 32.4. The molecule has 0 saturated carbocycles. The minimum atomic E-state index is -1.04. The van der Waals surface area contributed by atoms with E-state index < -0.39 is 15.8 Å². The van der Waals surface area contributed by atoms with E-state index in [4.69, 9.17) is 4.74 Å². The van der Waals surface area contributed by atoms with Crippen LogP contribution in [-0.4, -0.2) is 0 Å². The van der Waals surface area contributed by atoms with Gasteiger partial charge in [-0.1, -0.05) is 208 Å². The second-order valence-electron chi connectivity index (χ2n) is 15.7. The Morgan fingerprint density at radius 3 is 1.12 bits per heavy atom. The first-order valence-corrected chi connectivity index (χ1v) is 22.7. The maximum atomic E-state index is 7.65. The standard InChI is InChI=1S/C55H40OP2/c1-55(2)47-31-17-33-49(57(39-21-5-3-6-22-39)51-35-37-19-9-11-25-41(37)43-27-13-15-29-45(43)51)53(47)56-54-48(55)32-18-34-50(54)58(40-23-7-4-8-24-40)52-36-38-20-10-12-26-42(38)44-28-14-16-30-46(44)52/h3-36H,1-2H3/t57-,58-/m1/s1. The lowest BCUT2D eigenvalue weighted by molar-refractivity contribution is 0.425. The second-order valence-corrected chi connectivity index (χ2v) is 20.0. The Kier molecular flexibility index (Phi) is 8.51. The van der Waals surface area contributed by atoms with Crippen LogP contribution in [0.1, 0.15) is 25.0 Å². The van der Waals surface area contributed by atoms with Crippen LogP contribution in [0.4, 0.5) is 0 Å². The lowest BCUT2D eigenvalue weighted by atomic mass is 9.76. The molecule has 276 valence electrons. The molecule has 1 aliphatic heterocycles. The number of hydrogen-bond acceptors (Lipinski definition) is 1. The van der Waals surface area contributed by atoms with Gasteiger partial charge in [-0.2, -0.15) is 0 Å². The molecule has 0 bridgehead atoms. The summed E-state index contributed by atoms with van der Waals surface area (Å²) in [4.78, 5) is 0. The number of ether oxygens (including phenoxy) is 1. The second kappa shape index (κ2) is 14.1. The fraction of sp³-hybridized carbons (Fsp3) is 0.0545. The van der Waals surface area contributed by atoms with Gasteiger partial charge in [-0.3, -0.25) is 0 Å². The summed E-state index contributed by atoms with van der Waals surface area (Å²) in [6, 6.07) is 76.4. The van der Waals surface area contributed by atoms with E-state index in [2.05, 4.69) is 220 Å². The maximum Gasteiger partial charge on any atom is 0.139 e. The van der Waals surface area contributed by atoms with Gasteiger partial charge in [-0.05, 0) is 92.3 Å². The first-order chi connectivity index (χ1) is 28.6. The third-order valence-corrected chi connectivity index (χ3v) is 17.0. The first-order valence-electron chi connectivity index (χ1n) is 20.0. The molecule has 0 spiro atoms. The molecule has 0 N–H and O–H groups in total. The monoisotopic (exact) mass is 778 g/mol. The predicted molar refractivity (Wildman–Crippen MR) is 253 cm³/mol. The van der Waals surface area contributed by atoms with Crippen molar-refractivity contribution in [1.82, 2.24) is 0 Å². The van der Waals surface area contributed by atoms with Crippen LogP contribution in [0.15, 0.2) is 206 Å². The number of benzene rings is 10. The van der Waals surface area contributed by atoms with Crippen LogP contribution < -0.4 is 36.6 Å². The van der Waals surface area contributed by atoms with Crippen molar-refractivity contribution < 1.29 is 4.74 Å². The lowest BCUT2D eigenvalue weighted by Crippen LogP contribution is -2.33. The highest BCUT2D eigenvalue weighted by atomic mass is 31.1. The molecule has 1 nitrogen and oxygen atoms in total. The molecule has 58 heavy (non-hydrogen) atoms. The third-order valence-electron chi connectivity index (χ3n) is 12.0. The maximum absolute atomic E-state index is 7.65. The molecular formula is C55H40OP2. The summed E-state index contributed by atoms with van der Waals surface area (Å²) in [5, 5.41) is 18.0. The van der Waals surface area contributed by atoms with Crippen molar-refractivity contribution in [2.75, 3.05) is 0 Å². The SMILES string of the molecule is CC1(C)c2cccc([P@@](c3ccccc3)c3cc4ccccc4c4ccccc34)c2Oc2c([P@@](c3ccccc3)c3cc4ccccc4c4ccccc34)cccc21. The van der Waals surface area contributed by atoms with Crippen LogP contribution >= 0.6 is 15.8 Å². The van der Waals surface area contributed by atoms with Crippen molar-refractivity contribution in [3.05, 3.63) is 217 Å². The van der Waals surface area contributed by atoms with Crippen LogP contribution in [0.2, 0.25) is 0 Å². The van der Waals surface area contributed by atoms with Gasteiger partial charge in [0.05, 0.1) is 0 Å². The largest absolute Gasteiger partial charge is 0.455 e. The van der Waals surface area contributed by atoms with Crippen LogP contribution in [0, 0.1) is 0 Å². The highest BCUT2D eigenvalue weighted by Crippen LogP contribution is 2.53. The van der Waals surface area contributed by atoms with Gasteiger partial charge in [-0.15, -0.1) is 0 Å². The van der Waals surface area contributed by atoms with Crippen molar-refractivity contribution in [1.29, 1.82) is 0 Å². The Hall–Kier alpha value is -6.10. The zero-order chi connectivity index (χ0) is 38.8. The molecule has 1 aliphatic rings. The zero-order valence-corrected chi connectivity index (χ0v) is 34.2. The van der Waals surface area contributed by atoms with E-state index >= 15 is 0 Å². The van der Waals surface area contributed by atoms with Crippen LogP contribution in [0.5, 0.6) is 11.5 Å². The molecule has 0 fully saturated rings. The third kappa shape index (κ3) is 5.61. The molecule has 0 aliphatic carbocycles. The molecule has 0 aromatic heterocycles. The highest BCUT2D eigenvalue weighted by Gasteiger charge is 2.39. The minimum Gasteiger partial charge on any atom is -0.455 e. The fourth-order valence-corrected chi connectivity index (χ4v) is 14.4. The summed E-state index contributed by atoms with van der Waals surface area (Å²) in [6.07, 6.45) is 0. The van der Waals surface area contributed by atoms with Crippen molar-refractivity contribution in [2.45, 2.75) is 19.3 Å². The number of fused-ring (bicyclic) bond motifs is 8. The molecule has 0 radical (unpaired) electrons. The van der Waals surface area contributed by atoms with Gasteiger partial charge < -0.3 is 4.74 Å². The average Bonchev–Trinajstić information content (AvgIpc) is 3.28. The lowest BCUT2D eigenvalue weighted by Gasteiger charge is -2.38. The van der Waals surface area contributed by atoms with E-state index in [0.717, 1.165) is 11.5 Å². The van der Waals surface area contributed by atoms with Crippen molar-refractivity contribution in [3.8, 4) is 11.5 Å². The van der Waals surface area contributed by atoms with Gasteiger partial charge in [0.1, 0.15) is 11.5 Å². The summed E-state index contributed by atoms with van der Waals surface area (Å²) in [5.41, 5.74) is 2.13. The van der Waals surface area contributed by atoms with Crippen LogP contribution in [0.25, 0.3) is 43.1 Å². The van der Waals surface area contributed by atoms with Crippen molar-refractivity contribution >= 4 is 90.8 Å². The van der Waals surface area contributed by atoms with E-state index in [1.807, 2.05) is 0 Å². The number of rotatable bonds is 6. The van der Waals surface area contributed by atoms with Crippen molar-refractivity contribution in [2.24, 2.45) is 0 Å². The molecule has 3 heteroatoms. The van der Waals surface area contributed by atoms with Gasteiger partial charge in [0.15, 0.2) is 0 Å². The highest BCUT2D eigenvalue weighted by molar-refractivity contribution is 7.81. The molecule has 2 atom stereocenters. The van der Waals surface area contributed by atoms with Crippen LogP contribution in [-0.2, 0) is 5.41 Å². The summed E-state index contributed by atoms with van der Waals surface area (Å²) in [6.45, 7) is 4.76. The molecule has 0 unspecified atom stereocenters. The molecule has 11 rings (SSSR count). The normalized spacial score (nSPS) is 14.2. The van der Waals surface area contributed by atoms with Gasteiger partial charge in [0.25, 0.3) is 0 Å². The van der Waals surface area contributed by atoms with E-state index in [1.54, 1.807) is 0 Å². The number of hydrogen-bond donors (Lipinski definition) is 0. The Bertz CT molecular complexity index is 2970.